The van der Waals surface area contributed by atoms with Crippen molar-refractivity contribution in [1.82, 2.24) is 5.32 Å². The Balaban J connectivity index is 2.58. The monoisotopic (exact) mass is 272 g/mol. The molecule has 19 heavy (non-hydrogen) atoms. The van der Waals surface area contributed by atoms with E-state index in [0.717, 1.165) is 12.8 Å². The molecule has 0 bridgehead atoms. The Hall–Kier alpha value is -1.30. The average Bonchev–Trinajstić information content (AvgIpc) is 3.06. The number of amides is 1. The molecule has 1 aliphatic carbocycles. The van der Waals surface area contributed by atoms with Gasteiger partial charge in [0.25, 0.3) is 0 Å². The summed E-state index contributed by atoms with van der Waals surface area (Å²) in [6.45, 7) is 7.34. The predicted molar refractivity (Wildman–Crippen MR) is 70.5 cm³/mol. The van der Waals surface area contributed by atoms with Gasteiger partial charge in [0.15, 0.2) is 0 Å². The fraction of sp³-hybridized carbons (Fsp3) is 0.846. The van der Waals surface area contributed by atoms with Gasteiger partial charge in [0.05, 0.1) is 12.6 Å². The van der Waals surface area contributed by atoms with E-state index >= 15 is 0 Å². The van der Waals surface area contributed by atoms with E-state index in [1.807, 2.05) is 0 Å². The SMILES string of the molecule is CCOC(=O)C(N)C(NC(=O)OC(C)(C)C)C1CC1. The summed E-state index contributed by atoms with van der Waals surface area (Å²) < 4.78 is 10.1. The van der Waals surface area contributed by atoms with Gasteiger partial charge in [0, 0.05) is 0 Å². The summed E-state index contributed by atoms with van der Waals surface area (Å²) in [5, 5.41) is 2.69. The van der Waals surface area contributed by atoms with Gasteiger partial charge in [-0.25, -0.2) is 4.79 Å². The van der Waals surface area contributed by atoms with Crippen LogP contribution in [-0.4, -0.2) is 36.4 Å². The van der Waals surface area contributed by atoms with Gasteiger partial charge < -0.3 is 20.5 Å². The zero-order chi connectivity index (χ0) is 14.6. The van der Waals surface area contributed by atoms with E-state index in [1.165, 1.54) is 0 Å². The molecule has 0 aromatic heterocycles. The Morgan fingerprint density at radius 2 is 1.95 bits per heavy atom. The quantitative estimate of drug-likeness (QED) is 0.733. The molecule has 1 saturated carbocycles. The highest BCUT2D eigenvalue weighted by molar-refractivity contribution is 5.78. The normalized spacial score (nSPS) is 18.4. The van der Waals surface area contributed by atoms with Crippen LogP contribution in [0.15, 0.2) is 0 Å². The van der Waals surface area contributed by atoms with Gasteiger partial charge in [-0.15, -0.1) is 0 Å². The third kappa shape index (κ3) is 5.46. The summed E-state index contributed by atoms with van der Waals surface area (Å²) in [7, 11) is 0. The Kier molecular flexibility index (Phi) is 5.17. The first kappa shape index (κ1) is 15.8. The zero-order valence-electron chi connectivity index (χ0n) is 12.1. The average molecular weight is 272 g/mol. The Morgan fingerprint density at radius 3 is 2.37 bits per heavy atom. The summed E-state index contributed by atoms with van der Waals surface area (Å²) >= 11 is 0. The van der Waals surface area contributed by atoms with Crippen molar-refractivity contribution in [2.24, 2.45) is 11.7 Å². The summed E-state index contributed by atoms with van der Waals surface area (Å²) in [6.07, 6.45) is 1.35. The zero-order valence-corrected chi connectivity index (χ0v) is 12.1. The van der Waals surface area contributed by atoms with Crippen LogP contribution in [0.4, 0.5) is 4.79 Å². The molecule has 6 nitrogen and oxygen atoms in total. The molecule has 1 aliphatic rings. The second-order valence-electron chi connectivity index (χ2n) is 5.79. The molecule has 0 spiro atoms. The number of rotatable bonds is 5. The molecule has 2 unspecified atom stereocenters. The molecule has 0 saturated heterocycles. The highest BCUT2D eigenvalue weighted by atomic mass is 16.6. The second kappa shape index (κ2) is 6.23. The minimum absolute atomic E-state index is 0.229. The van der Waals surface area contributed by atoms with Crippen molar-refractivity contribution in [2.45, 2.75) is 58.2 Å². The molecule has 1 fully saturated rings. The third-order valence-electron chi connectivity index (χ3n) is 2.76. The van der Waals surface area contributed by atoms with E-state index in [4.69, 9.17) is 15.2 Å². The van der Waals surface area contributed by atoms with Crippen molar-refractivity contribution in [3.8, 4) is 0 Å². The lowest BCUT2D eigenvalue weighted by Gasteiger charge is -2.26. The molecule has 0 radical (unpaired) electrons. The van der Waals surface area contributed by atoms with Crippen LogP contribution in [0.2, 0.25) is 0 Å². The number of esters is 1. The minimum Gasteiger partial charge on any atom is -0.465 e. The minimum atomic E-state index is -0.847. The highest BCUT2D eigenvalue weighted by Gasteiger charge is 2.40. The lowest BCUT2D eigenvalue weighted by atomic mass is 10.0. The van der Waals surface area contributed by atoms with Crippen LogP contribution in [0.3, 0.4) is 0 Å². The predicted octanol–water partition coefficient (Wildman–Crippen LogP) is 1.18. The fourth-order valence-electron chi connectivity index (χ4n) is 1.78. The lowest BCUT2D eigenvalue weighted by molar-refractivity contribution is -0.145. The molecule has 0 heterocycles. The largest absolute Gasteiger partial charge is 0.465 e. The van der Waals surface area contributed by atoms with Gasteiger partial charge in [-0.1, -0.05) is 0 Å². The van der Waals surface area contributed by atoms with Gasteiger partial charge >= 0.3 is 12.1 Å². The van der Waals surface area contributed by atoms with E-state index < -0.39 is 29.7 Å². The number of carbonyl (C=O) groups excluding carboxylic acids is 2. The van der Waals surface area contributed by atoms with Crippen LogP contribution >= 0.6 is 0 Å². The maximum atomic E-state index is 11.7. The first-order valence-corrected chi connectivity index (χ1v) is 6.66. The van der Waals surface area contributed by atoms with Crippen LogP contribution in [0.5, 0.6) is 0 Å². The molecule has 0 aliphatic heterocycles. The maximum Gasteiger partial charge on any atom is 0.407 e. The molecule has 0 aromatic carbocycles. The Bertz CT molecular complexity index is 334. The topological polar surface area (TPSA) is 90.6 Å². The number of alkyl carbamates (subject to hydrolysis) is 1. The van der Waals surface area contributed by atoms with Crippen molar-refractivity contribution in [3.05, 3.63) is 0 Å². The number of nitrogens with two attached hydrogens (primary N) is 1. The summed E-state index contributed by atoms with van der Waals surface area (Å²) in [5.41, 5.74) is 5.28. The van der Waals surface area contributed by atoms with E-state index in [1.54, 1.807) is 27.7 Å². The molecule has 1 rings (SSSR count). The van der Waals surface area contributed by atoms with Crippen molar-refractivity contribution < 1.29 is 19.1 Å². The smallest absolute Gasteiger partial charge is 0.407 e. The van der Waals surface area contributed by atoms with E-state index in [-0.39, 0.29) is 12.5 Å². The third-order valence-corrected chi connectivity index (χ3v) is 2.76. The number of carbonyl (C=O) groups is 2. The lowest BCUT2D eigenvalue weighted by Crippen LogP contribution is -2.54. The summed E-state index contributed by atoms with van der Waals surface area (Å²) in [6, 6.07) is -1.27. The van der Waals surface area contributed by atoms with Gasteiger partial charge in [-0.05, 0) is 46.5 Å². The molecule has 0 aromatic rings. The van der Waals surface area contributed by atoms with Crippen molar-refractivity contribution in [2.75, 3.05) is 6.61 Å². The molecular formula is C13H24N2O4. The number of ether oxygens (including phenoxy) is 2. The second-order valence-corrected chi connectivity index (χ2v) is 5.79. The van der Waals surface area contributed by atoms with Crippen LogP contribution in [0.25, 0.3) is 0 Å². The van der Waals surface area contributed by atoms with Crippen molar-refractivity contribution in [3.63, 3.8) is 0 Å². The first-order chi connectivity index (χ1) is 8.74. The van der Waals surface area contributed by atoms with Crippen LogP contribution < -0.4 is 11.1 Å². The van der Waals surface area contributed by atoms with Crippen molar-refractivity contribution >= 4 is 12.1 Å². The number of hydrogen-bond donors (Lipinski definition) is 2. The van der Waals surface area contributed by atoms with E-state index in [2.05, 4.69) is 5.32 Å². The molecular weight excluding hydrogens is 248 g/mol. The van der Waals surface area contributed by atoms with Crippen molar-refractivity contribution in [1.29, 1.82) is 0 Å². The molecule has 1 amide bonds. The molecule has 6 heteroatoms. The van der Waals surface area contributed by atoms with Gasteiger partial charge in [-0.3, -0.25) is 4.79 Å². The fourth-order valence-corrected chi connectivity index (χ4v) is 1.78. The maximum absolute atomic E-state index is 11.7. The molecule has 110 valence electrons. The number of nitrogens with one attached hydrogen (secondary N) is 1. The first-order valence-electron chi connectivity index (χ1n) is 6.66. The van der Waals surface area contributed by atoms with E-state index in [9.17, 15) is 9.59 Å². The molecule has 3 N–H and O–H groups in total. The van der Waals surface area contributed by atoms with Crippen LogP contribution in [-0.2, 0) is 14.3 Å². The molecule has 2 atom stereocenters. The van der Waals surface area contributed by atoms with E-state index in [0.29, 0.717) is 0 Å². The number of hydrogen-bond acceptors (Lipinski definition) is 5. The Labute approximate surface area is 114 Å². The summed E-state index contributed by atoms with van der Waals surface area (Å²) in [5.74, 6) is -0.262. The summed E-state index contributed by atoms with van der Waals surface area (Å²) in [4.78, 5) is 23.4. The highest BCUT2D eigenvalue weighted by Crippen LogP contribution is 2.34. The van der Waals surface area contributed by atoms with Gasteiger partial charge in [-0.2, -0.15) is 0 Å². The standard InChI is InChI=1S/C13H24N2O4/c1-5-18-11(16)9(14)10(8-6-7-8)15-12(17)19-13(2,3)4/h8-10H,5-7,14H2,1-4H3,(H,15,17). The van der Waals surface area contributed by atoms with Gasteiger partial charge in [0.2, 0.25) is 0 Å². The van der Waals surface area contributed by atoms with Crippen LogP contribution in [0, 0.1) is 5.92 Å². The Morgan fingerprint density at radius 1 is 1.37 bits per heavy atom. The van der Waals surface area contributed by atoms with Crippen LogP contribution in [0.1, 0.15) is 40.5 Å². The van der Waals surface area contributed by atoms with Gasteiger partial charge in [0.1, 0.15) is 11.6 Å².